The molecule has 1 atom stereocenters. The molecule has 2 aliphatic rings. The zero-order valence-corrected chi connectivity index (χ0v) is 18.0. The highest BCUT2D eigenvalue weighted by Crippen LogP contribution is 2.31. The number of hydrogen-bond donors (Lipinski definition) is 2. The van der Waals surface area contributed by atoms with Crippen LogP contribution in [0.5, 0.6) is 0 Å². The maximum atomic E-state index is 12.9. The van der Waals surface area contributed by atoms with E-state index in [1.165, 1.54) is 0 Å². The predicted molar refractivity (Wildman–Crippen MR) is 112 cm³/mol. The Balaban J connectivity index is 1.41. The second-order valence-corrected chi connectivity index (χ2v) is 9.40. The van der Waals surface area contributed by atoms with Crippen LogP contribution >= 0.6 is 0 Å². The number of para-hydroxylation sites is 1. The summed E-state index contributed by atoms with van der Waals surface area (Å²) in [6, 6.07) is 8.66. The molecule has 2 aliphatic heterocycles. The smallest absolute Gasteiger partial charge is 0.289 e. The summed E-state index contributed by atoms with van der Waals surface area (Å²) in [5.74, 6) is 1.06. The topological polar surface area (TPSA) is 101 Å². The molecule has 0 radical (unpaired) electrons. The number of furan rings is 1. The van der Waals surface area contributed by atoms with Crippen LogP contribution in [0.15, 0.2) is 39.6 Å². The maximum Gasteiger partial charge on any atom is 0.289 e. The molecule has 1 aromatic heterocycles. The van der Waals surface area contributed by atoms with Crippen molar-refractivity contribution >= 4 is 21.6 Å². The molecular formula is C21H27N3O5S. The quantitative estimate of drug-likeness (QED) is 0.752. The lowest BCUT2D eigenvalue weighted by Crippen LogP contribution is -2.52. The number of carbonyl (C=O) groups is 1. The summed E-state index contributed by atoms with van der Waals surface area (Å²) in [4.78, 5) is 14.9. The van der Waals surface area contributed by atoms with Crippen molar-refractivity contribution in [2.75, 3.05) is 25.5 Å². The lowest BCUT2D eigenvalue weighted by Gasteiger charge is -2.38. The van der Waals surface area contributed by atoms with E-state index < -0.39 is 10.0 Å². The fraction of sp³-hybridized carbons (Fsp3) is 0.476. The van der Waals surface area contributed by atoms with Crippen LogP contribution in [0.3, 0.4) is 0 Å². The molecule has 1 fully saturated rings. The minimum Gasteiger partial charge on any atom is -0.456 e. The average Bonchev–Trinajstić information content (AvgIpc) is 3.16. The number of methoxy groups -OCH3 is 1. The number of piperidine rings is 1. The Bertz CT molecular complexity index is 1030. The summed E-state index contributed by atoms with van der Waals surface area (Å²) in [6.07, 6.45) is 1.70. The molecule has 1 saturated heterocycles. The fourth-order valence-corrected chi connectivity index (χ4v) is 5.59. The molecule has 1 unspecified atom stereocenters. The molecule has 0 bridgehead atoms. The number of amides is 1. The third kappa shape index (κ3) is 3.97. The molecule has 162 valence electrons. The molecule has 4 rings (SSSR count). The van der Waals surface area contributed by atoms with Gasteiger partial charge in [-0.05, 0) is 37.0 Å². The first-order valence-electron chi connectivity index (χ1n) is 10.2. The van der Waals surface area contributed by atoms with Crippen LogP contribution in [-0.4, -0.2) is 45.6 Å². The number of fused-ring (bicyclic) bond motifs is 1. The average molecular weight is 434 g/mol. The van der Waals surface area contributed by atoms with Crippen LogP contribution in [0, 0.1) is 5.92 Å². The first-order valence-corrected chi connectivity index (χ1v) is 11.7. The Morgan fingerprint density at radius 1 is 1.27 bits per heavy atom. The molecule has 2 N–H and O–H groups in total. The minimum absolute atomic E-state index is 0.0871. The van der Waals surface area contributed by atoms with Crippen molar-refractivity contribution in [3.63, 3.8) is 0 Å². The summed E-state index contributed by atoms with van der Waals surface area (Å²) in [7, 11) is -1.93. The summed E-state index contributed by atoms with van der Waals surface area (Å²) in [5.41, 5.74) is 1.52. The van der Waals surface area contributed by atoms with Crippen LogP contribution in [-0.2, 0) is 27.8 Å². The monoisotopic (exact) mass is 433 g/mol. The second kappa shape index (κ2) is 8.41. The number of rotatable bonds is 5. The number of anilines is 1. The third-order valence-electron chi connectivity index (χ3n) is 5.80. The lowest BCUT2D eigenvalue weighted by atomic mass is 9.93. The van der Waals surface area contributed by atoms with Crippen molar-refractivity contribution < 1.29 is 22.4 Å². The van der Waals surface area contributed by atoms with Gasteiger partial charge in [0.15, 0.2) is 5.76 Å². The molecule has 9 heteroatoms. The number of aryl methyl sites for hydroxylation is 1. The molecule has 1 amide bonds. The zero-order chi connectivity index (χ0) is 21.3. The van der Waals surface area contributed by atoms with E-state index >= 15 is 0 Å². The van der Waals surface area contributed by atoms with Crippen LogP contribution in [0.1, 0.15) is 41.6 Å². The highest BCUT2D eigenvalue weighted by Gasteiger charge is 2.36. The predicted octanol–water partition coefficient (Wildman–Crippen LogP) is 2.57. The number of benzene rings is 1. The molecule has 1 aromatic carbocycles. The number of hydrogen-bond acceptors (Lipinski definition) is 6. The molecule has 0 aliphatic carbocycles. The third-order valence-corrected chi connectivity index (χ3v) is 7.30. The molecule has 0 saturated carbocycles. The Labute approximate surface area is 176 Å². The highest BCUT2D eigenvalue weighted by atomic mass is 32.2. The van der Waals surface area contributed by atoms with E-state index in [1.54, 1.807) is 36.3 Å². The van der Waals surface area contributed by atoms with Crippen molar-refractivity contribution in [1.82, 2.24) is 9.62 Å². The van der Waals surface area contributed by atoms with Crippen molar-refractivity contribution in [3.8, 4) is 0 Å². The molecule has 8 nitrogen and oxygen atoms in total. The van der Waals surface area contributed by atoms with Gasteiger partial charge >= 0.3 is 0 Å². The van der Waals surface area contributed by atoms with Gasteiger partial charge in [-0.3, -0.25) is 4.79 Å². The summed E-state index contributed by atoms with van der Waals surface area (Å²) in [6.45, 7) is 3.49. The normalized spacial score (nSPS) is 21.1. The standard InChI is InChI=1S/C21H27N3O5S/c1-3-17-15(13-28-2)12-18(29-17)21(25)24-10-8-14(9-11-24)20-22-16-6-4-5-7-19(16)30(26,27)23-20/h4-7,12,14,20,22-23H,3,8-11,13H2,1-2H3. The summed E-state index contributed by atoms with van der Waals surface area (Å²) >= 11 is 0. The van der Waals surface area contributed by atoms with E-state index in [2.05, 4.69) is 10.0 Å². The first-order chi connectivity index (χ1) is 14.4. The van der Waals surface area contributed by atoms with Crippen molar-refractivity contribution in [3.05, 3.63) is 47.4 Å². The van der Waals surface area contributed by atoms with Gasteiger partial charge < -0.3 is 19.4 Å². The van der Waals surface area contributed by atoms with Gasteiger partial charge in [0, 0.05) is 32.2 Å². The van der Waals surface area contributed by atoms with Crippen LogP contribution < -0.4 is 10.0 Å². The van der Waals surface area contributed by atoms with E-state index in [0.29, 0.717) is 50.4 Å². The molecule has 3 heterocycles. The van der Waals surface area contributed by atoms with Gasteiger partial charge in [-0.2, -0.15) is 4.72 Å². The lowest BCUT2D eigenvalue weighted by molar-refractivity contribution is 0.0645. The Hall–Kier alpha value is -2.36. The van der Waals surface area contributed by atoms with E-state index in [-0.39, 0.29) is 22.9 Å². The SMILES string of the molecule is CCc1oc(C(=O)N2CCC(C3Nc4ccccc4S(=O)(=O)N3)CC2)cc1COC. The highest BCUT2D eigenvalue weighted by molar-refractivity contribution is 7.89. The Morgan fingerprint density at radius 2 is 2.00 bits per heavy atom. The maximum absolute atomic E-state index is 12.9. The molecule has 2 aromatic rings. The zero-order valence-electron chi connectivity index (χ0n) is 17.2. The Kier molecular flexibility index (Phi) is 5.86. The van der Waals surface area contributed by atoms with E-state index in [0.717, 1.165) is 11.3 Å². The second-order valence-electron chi connectivity index (χ2n) is 7.71. The molecule has 0 spiro atoms. The van der Waals surface area contributed by atoms with Crippen molar-refractivity contribution in [1.29, 1.82) is 0 Å². The Morgan fingerprint density at radius 3 is 2.70 bits per heavy atom. The van der Waals surface area contributed by atoms with Gasteiger partial charge in [0.2, 0.25) is 10.0 Å². The van der Waals surface area contributed by atoms with Crippen LogP contribution in [0.4, 0.5) is 5.69 Å². The van der Waals surface area contributed by atoms with Gasteiger partial charge in [-0.1, -0.05) is 19.1 Å². The van der Waals surface area contributed by atoms with Crippen molar-refractivity contribution in [2.45, 2.75) is 43.9 Å². The number of sulfonamides is 1. The molecule has 30 heavy (non-hydrogen) atoms. The summed E-state index contributed by atoms with van der Waals surface area (Å²) in [5, 5.41) is 3.30. The van der Waals surface area contributed by atoms with Gasteiger partial charge in [0.25, 0.3) is 5.91 Å². The fourth-order valence-electron chi connectivity index (χ4n) is 4.20. The van der Waals surface area contributed by atoms with Gasteiger partial charge in [-0.25, -0.2) is 8.42 Å². The largest absolute Gasteiger partial charge is 0.456 e. The number of likely N-dealkylation sites (tertiary alicyclic amines) is 1. The number of nitrogens with zero attached hydrogens (tertiary/aromatic N) is 1. The molecular weight excluding hydrogens is 406 g/mol. The van der Waals surface area contributed by atoms with E-state index in [9.17, 15) is 13.2 Å². The van der Waals surface area contributed by atoms with Crippen LogP contribution in [0.25, 0.3) is 0 Å². The van der Waals surface area contributed by atoms with Crippen LogP contribution in [0.2, 0.25) is 0 Å². The minimum atomic E-state index is -3.54. The van der Waals surface area contributed by atoms with E-state index in [4.69, 9.17) is 9.15 Å². The van der Waals surface area contributed by atoms with E-state index in [1.807, 2.05) is 13.0 Å². The number of carbonyl (C=O) groups excluding carboxylic acids is 1. The first kappa shape index (κ1) is 20.9. The van der Waals surface area contributed by atoms with Crippen molar-refractivity contribution in [2.24, 2.45) is 5.92 Å². The summed E-state index contributed by atoms with van der Waals surface area (Å²) < 4.78 is 38.8. The number of nitrogens with one attached hydrogen (secondary N) is 2. The van der Waals surface area contributed by atoms with Gasteiger partial charge in [-0.15, -0.1) is 0 Å². The van der Waals surface area contributed by atoms with Gasteiger partial charge in [0.05, 0.1) is 18.5 Å². The van der Waals surface area contributed by atoms with Gasteiger partial charge in [0.1, 0.15) is 10.7 Å². The number of ether oxygens (including phenoxy) is 1.